The number of hydrogen-bond donors (Lipinski definition) is 0. The van der Waals surface area contributed by atoms with Crippen molar-refractivity contribution in [1.29, 1.82) is 0 Å². The third-order valence-electron chi connectivity index (χ3n) is 4.52. The Hall–Kier alpha value is -2.58. The van der Waals surface area contributed by atoms with Gasteiger partial charge in [0.25, 0.3) is 0 Å². The lowest BCUT2D eigenvalue weighted by molar-refractivity contribution is 0.0743. The maximum absolute atomic E-state index is 14.6. The second kappa shape index (κ2) is 10.1. The lowest BCUT2D eigenvalue weighted by Crippen LogP contribution is -2.35. The van der Waals surface area contributed by atoms with Crippen molar-refractivity contribution in [3.8, 4) is 11.1 Å². The molecule has 1 aromatic heterocycles. The summed E-state index contributed by atoms with van der Waals surface area (Å²) >= 11 is 0. The predicted octanol–water partition coefficient (Wildman–Crippen LogP) is 3.05. The van der Waals surface area contributed by atoms with Crippen LogP contribution < -0.4 is 4.90 Å². The third kappa shape index (κ3) is 5.02. The molecule has 0 amide bonds. The molecule has 0 aliphatic carbocycles. The Balaban J connectivity index is 1.62. The van der Waals surface area contributed by atoms with Crippen molar-refractivity contribution in [1.82, 2.24) is 9.97 Å². The van der Waals surface area contributed by atoms with Crippen molar-refractivity contribution in [2.24, 2.45) is 5.16 Å². The average molecular weight is 388 g/mol. The van der Waals surface area contributed by atoms with Crippen molar-refractivity contribution >= 4 is 11.7 Å². The Labute approximate surface area is 164 Å². The number of piperidine rings is 1. The molecular weight excluding hydrogens is 363 g/mol. The summed E-state index contributed by atoms with van der Waals surface area (Å²) in [6.07, 6.45) is 4.92. The highest BCUT2D eigenvalue weighted by Gasteiger charge is 2.18. The first-order valence-corrected chi connectivity index (χ1v) is 9.23. The van der Waals surface area contributed by atoms with E-state index in [1.165, 1.54) is 0 Å². The van der Waals surface area contributed by atoms with Gasteiger partial charge in [-0.05, 0) is 0 Å². The second-order valence-corrected chi connectivity index (χ2v) is 6.45. The number of oxime groups is 1. The standard InChI is InChI=1S/C20H25FN4O3/c1-26-10-11-28-24-17-6-8-25(9-7-17)20-22-12-16(13-23-20)18-5-3-4-15(14-27-2)19(18)21/h3-5,12-13H,6-11,14H2,1-2H3. The van der Waals surface area contributed by atoms with E-state index < -0.39 is 0 Å². The van der Waals surface area contributed by atoms with E-state index in [0.717, 1.165) is 31.6 Å². The van der Waals surface area contributed by atoms with Gasteiger partial charge in [-0.2, -0.15) is 0 Å². The van der Waals surface area contributed by atoms with Crippen LogP contribution in [-0.2, 0) is 20.9 Å². The number of nitrogens with zero attached hydrogens (tertiary/aromatic N) is 4. The Kier molecular flexibility index (Phi) is 7.27. The van der Waals surface area contributed by atoms with Gasteiger partial charge in [-0.15, -0.1) is 0 Å². The number of benzene rings is 1. The third-order valence-corrected chi connectivity index (χ3v) is 4.52. The molecule has 0 saturated carbocycles. The Bertz CT molecular complexity index is 789. The van der Waals surface area contributed by atoms with Gasteiger partial charge in [0.2, 0.25) is 5.95 Å². The molecule has 28 heavy (non-hydrogen) atoms. The fourth-order valence-corrected chi connectivity index (χ4v) is 3.01. The molecule has 1 aromatic carbocycles. The Morgan fingerprint density at radius 2 is 1.82 bits per heavy atom. The zero-order valence-corrected chi connectivity index (χ0v) is 16.2. The van der Waals surface area contributed by atoms with E-state index in [-0.39, 0.29) is 12.4 Å². The highest BCUT2D eigenvalue weighted by molar-refractivity contribution is 5.86. The number of rotatable bonds is 8. The van der Waals surface area contributed by atoms with E-state index in [0.29, 0.717) is 35.9 Å². The molecule has 2 heterocycles. The smallest absolute Gasteiger partial charge is 0.225 e. The zero-order valence-electron chi connectivity index (χ0n) is 16.2. The molecule has 2 aromatic rings. The first-order chi connectivity index (χ1) is 13.7. The largest absolute Gasteiger partial charge is 0.393 e. The Morgan fingerprint density at radius 3 is 2.50 bits per heavy atom. The van der Waals surface area contributed by atoms with Crippen molar-refractivity contribution in [3.63, 3.8) is 0 Å². The van der Waals surface area contributed by atoms with Crippen LogP contribution in [0.4, 0.5) is 10.3 Å². The van der Waals surface area contributed by atoms with E-state index in [2.05, 4.69) is 20.0 Å². The lowest BCUT2D eigenvalue weighted by Gasteiger charge is -2.27. The van der Waals surface area contributed by atoms with Crippen LogP contribution in [-0.4, -0.2) is 56.2 Å². The molecule has 1 aliphatic rings. The summed E-state index contributed by atoms with van der Waals surface area (Å²) in [6, 6.07) is 5.24. The molecule has 0 N–H and O–H groups in total. The van der Waals surface area contributed by atoms with E-state index in [1.807, 2.05) is 0 Å². The molecule has 1 saturated heterocycles. The summed E-state index contributed by atoms with van der Waals surface area (Å²) in [6.45, 7) is 2.74. The fourth-order valence-electron chi connectivity index (χ4n) is 3.01. The normalized spacial score (nSPS) is 14.2. The molecule has 0 bridgehead atoms. The minimum Gasteiger partial charge on any atom is -0.393 e. The van der Waals surface area contributed by atoms with Gasteiger partial charge >= 0.3 is 0 Å². The first-order valence-electron chi connectivity index (χ1n) is 9.23. The van der Waals surface area contributed by atoms with Crippen LogP contribution in [0.5, 0.6) is 0 Å². The summed E-state index contributed by atoms with van der Waals surface area (Å²) in [5.74, 6) is 0.338. The van der Waals surface area contributed by atoms with Gasteiger partial charge in [-0.1, -0.05) is 23.4 Å². The predicted molar refractivity (Wildman–Crippen MR) is 105 cm³/mol. The number of ether oxygens (including phenoxy) is 2. The molecular formula is C20H25FN4O3. The topological polar surface area (TPSA) is 69.1 Å². The van der Waals surface area contributed by atoms with E-state index in [9.17, 15) is 4.39 Å². The van der Waals surface area contributed by atoms with E-state index >= 15 is 0 Å². The summed E-state index contributed by atoms with van der Waals surface area (Å²) in [5, 5.41) is 4.15. The van der Waals surface area contributed by atoms with Crippen LogP contribution in [0, 0.1) is 5.82 Å². The van der Waals surface area contributed by atoms with E-state index in [1.54, 1.807) is 44.8 Å². The SMILES string of the molecule is COCCON=C1CCN(c2ncc(-c3cccc(COC)c3F)cn2)CC1. The number of hydrogen-bond acceptors (Lipinski definition) is 7. The maximum atomic E-state index is 14.6. The van der Waals surface area contributed by atoms with Crippen LogP contribution in [0.3, 0.4) is 0 Å². The summed E-state index contributed by atoms with van der Waals surface area (Å²) in [7, 11) is 3.18. The van der Waals surface area contributed by atoms with Gasteiger partial charge in [0.05, 0.1) is 18.9 Å². The first kappa shape index (κ1) is 20.2. The molecule has 3 rings (SSSR count). The van der Waals surface area contributed by atoms with E-state index in [4.69, 9.17) is 14.3 Å². The molecule has 150 valence electrons. The second-order valence-electron chi connectivity index (χ2n) is 6.45. The molecule has 0 unspecified atom stereocenters. The van der Waals surface area contributed by atoms with Crippen molar-refractivity contribution in [2.45, 2.75) is 19.4 Å². The van der Waals surface area contributed by atoms with Crippen LogP contribution in [0.1, 0.15) is 18.4 Å². The molecule has 7 nitrogen and oxygen atoms in total. The van der Waals surface area contributed by atoms with Crippen molar-refractivity contribution in [3.05, 3.63) is 42.0 Å². The molecule has 1 aliphatic heterocycles. The van der Waals surface area contributed by atoms with Crippen molar-refractivity contribution < 1.29 is 18.7 Å². The van der Waals surface area contributed by atoms with Crippen LogP contribution in [0.15, 0.2) is 35.7 Å². The fraction of sp³-hybridized carbons (Fsp3) is 0.450. The van der Waals surface area contributed by atoms with Crippen LogP contribution >= 0.6 is 0 Å². The minimum atomic E-state index is -0.298. The van der Waals surface area contributed by atoms with Gasteiger partial charge in [0, 0.05) is 69.2 Å². The average Bonchev–Trinajstić information content (AvgIpc) is 2.74. The van der Waals surface area contributed by atoms with Gasteiger partial charge in [0.1, 0.15) is 12.4 Å². The van der Waals surface area contributed by atoms with Gasteiger partial charge in [-0.3, -0.25) is 0 Å². The monoisotopic (exact) mass is 388 g/mol. The lowest BCUT2D eigenvalue weighted by atomic mass is 10.1. The summed E-state index contributed by atoms with van der Waals surface area (Å²) in [5.41, 5.74) is 2.66. The molecule has 1 fully saturated rings. The van der Waals surface area contributed by atoms with Crippen LogP contribution in [0.25, 0.3) is 11.1 Å². The van der Waals surface area contributed by atoms with Crippen LogP contribution in [0.2, 0.25) is 0 Å². The summed E-state index contributed by atoms with van der Waals surface area (Å²) in [4.78, 5) is 16.2. The van der Waals surface area contributed by atoms with Gasteiger partial charge in [-0.25, -0.2) is 14.4 Å². The summed E-state index contributed by atoms with van der Waals surface area (Å²) < 4.78 is 24.6. The quantitative estimate of drug-likeness (QED) is 0.511. The Morgan fingerprint density at radius 1 is 1.07 bits per heavy atom. The molecule has 0 spiro atoms. The zero-order chi connectivity index (χ0) is 19.8. The molecule has 8 heteroatoms. The highest BCUT2D eigenvalue weighted by atomic mass is 19.1. The number of halogens is 1. The number of methoxy groups -OCH3 is 2. The molecule has 0 radical (unpaired) electrons. The van der Waals surface area contributed by atoms with Crippen molar-refractivity contribution in [2.75, 3.05) is 45.4 Å². The highest BCUT2D eigenvalue weighted by Crippen LogP contribution is 2.25. The van der Waals surface area contributed by atoms with Gasteiger partial charge < -0.3 is 19.2 Å². The van der Waals surface area contributed by atoms with Gasteiger partial charge in [0.15, 0.2) is 0 Å². The number of aromatic nitrogens is 2. The maximum Gasteiger partial charge on any atom is 0.225 e. The number of anilines is 1. The molecule has 0 atom stereocenters. The minimum absolute atomic E-state index is 0.228.